The van der Waals surface area contributed by atoms with Gasteiger partial charge in [0.15, 0.2) is 0 Å². The molecule has 2 unspecified atom stereocenters. The van der Waals surface area contributed by atoms with Crippen LogP contribution in [0.4, 0.5) is 0 Å². The Labute approximate surface area is 128 Å². The summed E-state index contributed by atoms with van der Waals surface area (Å²) in [5, 5.41) is 2.99. The summed E-state index contributed by atoms with van der Waals surface area (Å²) in [6.07, 6.45) is 1.18. The first-order valence-electron chi connectivity index (χ1n) is 7.40. The molecule has 0 radical (unpaired) electrons. The lowest BCUT2D eigenvalue weighted by atomic mass is 9.87. The summed E-state index contributed by atoms with van der Waals surface area (Å²) in [5.41, 5.74) is 7.20. The Morgan fingerprint density at radius 3 is 2.62 bits per heavy atom. The number of hydrogen-bond acceptors (Lipinski definition) is 3. The fraction of sp³-hybridized carbons (Fsp3) is 0.588. The van der Waals surface area contributed by atoms with Gasteiger partial charge in [-0.05, 0) is 36.5 Å². The fourth-order valence-electron chi connectivity index (χ4n) is 2.39. The molecule has 0 fully saturated rings. The highest BCUT2D eigenvalue weighted by Gasteiger charge is 2.19. The van der Waals surface area contributed by atoms with Crippen molar-refractivity contribution in [2.75, 3.05) is 7.11 Å². The lowest BCUT2D eigenvalue weighted by Gasteiger charge is -2.23. The number of hydrogen-bond donors (Lipinski definition) is 2. The van der Waals surface area contributed by atoms with Gasteiger partial charge in [0.1, 0.15) is 5.75 Å². The van der Waals surface area contributed by atoms with E-state index in [1.807, 2.05) is 31.2 Å². The van der Waals surface area contributed by atoms with Crippen molar-refractivity contribution in [1.82, 2.24) is 5.32 Å². The van der Waals surface area contributed by atoms with Crippen LogP contribution in [0.2, 0.25) is 0 Å². The van der Waals surface area contributed by atoms with Crippen LogP contribution < -0.4 is 15.8 Å². The average Bonchev–Trinajstić information content (AvgIpc) is 2.36. The van der Waals surface area contributed by atoms with E-state index >= 15 is 0 Å². The molecule has 0 aromatic heterocycles. The van der Waals surface area contributed by atoms with Gasteiger partial charge in [-0.2, -0.15) is 0 Å². The van der Waals surface area contributed by atoms with Crippen molar-refractivity contribution in [2.24, 2.45) is 11.1 Å². The van der Waals surface area contributed by atoms with Crippen LogP contribution in [0.5, 0.6) is 5.75 Å². The van der Waals surface area contributed by atoms with Gasteiger partial charge in [0, 0.05) is 12.5 Å². The number of rotatable bonds is 6. The van der Waals surface area contributed by atoms with Crippen LogP contribution in [-0.4, -0.2) is 19.1 Å². The molecule has 118 valence electrons. The Kier molecular flexibility index (Phi) is 6.21. The fourth-order valence-corrected chi connectivity index (χ4v) is 2.39. The second kappa shape index (κ2) is 7.46. The zero-order valence-corrected chi connectivity index (χ0v) is 13.8. The summed E-state index contributed by atoms with van der Waals surface area (Å²) in [6, 6.07) is 7.54. The van der Waals surface area contributed by atoms with Crippen LogP contribution in [0.25, 0.3) is 0 Å². The zero-order chi connectivity index (χ0) is 16.0. The van der Waals surface area contributed by atoms with Gasteiger partial charge >= 0.3 is 0 Å². The third kappa shape index (κ3) is 6.63. The van der Waals surface area contributed by atoms with E-state index in [1.165, 1.54) is 0 Å². The number of carbonyl (C=O) groups is 1. The van der Waals surface area contributed by atoms with Gasteiger partial charge in [-0.1, -0.05) is 32.9 Å². The number of benzene rings is 1. The topological polar surface area (TPSA) is 64.3 Å². The first-order chi connectivity index (χ1) is 9.71. The second-order valence-corrected chi connectivity index (χ2v) is 6.79. The van der Waals surface area contributed by atoms with Gasteiger partial charge in [-0.3, -0.25) is 4.79 Å². The third-order valence-corrected chi connectivity index (χ3v) is 3.29. The molecule has 0 aliphatic heterocycles. The molecule has 1 amide bonds. The molecule has 3 N–H and O–H groups in total. The van der Waals surface area contributed by atoms with Gasteiger partial charge in [0.25, 0.3) is 0 Å². The second-order valence-electron chi connectivity index (χ2n) is 6.79. The number of ether oxygens (including phenoxy) is 1. The van der Waals surface area contributed by atoms with Crippen LogP contribution in [0.15, 0.2) is 24.3 Å². The Hall–Kier alpha value is -1.55. The van der Waals surface area contributed by atoms with Crippen molar-refractivity contribution in [3.8, 4) is 5.75 Å². The lowest BCUT2D eigenvalue weighted by Crippen LogP contribution is -2.35. The summed E-state index contributed by atoms with van der Waals surface area (Å²) >= 11 is 0. The van der Waals surface area contributed by atoms with Crippen molar-refractivity contribution in [3.63, 3.8) is 0 Å². The minimum atomic E-state index is -0.109. The van der Waals surface area contributed by atoms with E-state index in [0.717, 1.165) is 17.7 Å². The summed E-state index contributed by atoms with van der Waals surface area (Å²) in [6.45, 7) is 8.35. The minimum Gasteiger partial charge on any atom is -0.497 e. The molecule has 1 aromatic rings. The molecule has 2 atom stereocenters. The van der Waals surface area contributed by atoms with E-state index < -0.39 is 0 Å². The highest BCUT2D eigenvalue weighted by molar-refractivity contribution is 5.77. The molecule has 0 spiro atoms. The number of carbonyl (C=O) groups excluding carboxylic acids is 1. The Bertz CT molecular complexity index is 466. The van der Waals surface area contributed by atoms with Gasteiger partial charge in [0.2, 0.25) is 5.91 Å². The first-order valence-corrected chi connectivity index (χ1v) is 7.40. The van der Waals surface area contributed by atoms with Crippen molar-refractivity contribution in [3.05, 3.63) is 29.8 Å². The van der Waals surface area contributed by atoms with Crippen LogP contribution in [0, 0.1) is 5.41 Å². The smallest absolute Gasteiger partial charge is 0.222 e. The van der Waals surface area contributed by atoms with Crippen molar-refractivity contribution in [1.29, 1.82) is 0 Å². The predicted molar refractivity (Wildman–Crippen MR) is 86.2 cm³/mol. The normalized spacial score (nSPS) is 14.4. The lowest BCUT2D eigenvalue weighted by molar-refractivity contribution is -0.122. The molecular formula is C17H28N2O2. The van der Waals surface area contributed by atoms with Gasteiger partial charge in [-0.25, -0.2) is 0 Å². The van der Waals surface area contributed by atoms with Gasteiger partial charge in [0.05, 0.1) is 13.2 Å². The molecule has 0 bridgehead atoms. The van der Waals surface area contributed by atoms with Gasteiger partial charge in [-0.15, -0.1) is 0 Å². The number of nitrogens with two attached hydrogens (primary N) is 1. The Morgan fingerprint density at radius 1 is 1.38 bits per heavy atom. The maximum absolute atomic E-state index is 12.1. The number of amides is 1. The Balaban J connectivity index is 2.53. The van der Waals surface area contributed by atoms with E-state index in [2.05, 4.69) is 26.1 Å². The van der Waals surface area contributed by atoms with Crippen molar-refractivity contribution in [2.45, 2.75) is 52.6 Å². The summed E-state index contributed by atoms with van der Waals surface area (Å²) in [4.78, 5) is 12.1. The molecule has 1 rings (SSSR count). The number of methoxy groups -OCH3 is 1. The number of nitrogens with one attached hydrogen (secondary N) is 1. The van der Waals surface area contributed by atoms with E-state index in [-0.39, 0.29) is 23.4 Å². The molecule has 4 nitrogen and oxygen atoms in total. The van der Waals surface area contributed by atoms with E-state index in [9.17, 15) is 4.79 Å². The summed E-state index contributed by atoms with van der Waals surface area (Å²) in [5.74, 6) is 0.778. The third-order valence-electron chi connectivity index (χ3n) is 3.29. The average molecular weight is 292 g/mol. The molecule has 0 aliphatic rings. The van der Waals surface area contributed by atoms with E-state index in [1.54, 1.807) is 7.11 Å². The maximum atomic E-state index is 12.1. The molecule has 0 aliphatic carbocycles. The highest BCUT2D eigenvalue weighted by Crippen LogP contribution is 2.22. The molecule has 0 saturated heterocycles. The van der Waals surface area contributed by atoms with E-state index in [4.69, 9.17) is 10.5 Å². The summed E-state index contributed by atoms with van der Waals surface area (Å²) in [7, 11) is 1.63. The molecule has 1 aromatic carbocycles. The SMILES string of the molecule is COc1cccc(C(C)NC(=O)CC(N)CC(C)(C)C)c1. The molecular weight excluding hydrogens is 264 g/mol. The van der Waals surface area contributed by atoms with Gasteiger partial charge < -0.3 is 15.8 Å². The maximum Gasteiger partial charge on any atom is 0.222 e. The highest BCUT2D eigenvalue weighted by atomic mass is 16.5. The standard InChI is InChI=1S/C17H28N2O2/c1-12(13-7-6-8-15(9-13)21-5)19-16(20)10-14(18)11-17(2,3)4/h6-9,12,14H,10-11,18H2,1-5H3,(H,19,20). The molecule has 0 heterocycles. The van der Waals surface area contributed by atoms with Crippen LogP contribution in [-0.2, 0) is 4.79 Å². The van der Waals surface area contributed by atoms with Crippen molar-refractivity contribution >= 4 is 5.91 Å². The monoisotopic (exact) mass is 292 g/mol. The first kappa shape index (κ1) is 17.5. The van der Waals surface area contributed by atoms with E-state index in [0.29, 0.717) is 6.42 Å². The predicted octanol–water partition coefficient (Wildman–Crippen LogP) is 3.03. The van der Waals surface area contributed by atoms with Crippen molar-refractivity contribution < 1.29 is 9.53 Å². The summed E-state index contributed by atoms with van der Waals surface area (Å²) < 4.78 is 5.20. The van der Waals surface area contributed by atoms with Crippen LogP contribution in [0.3, 0.4) is 0 Å². The molecule has 4 heteroatoms. The minimum absolute atomic E-state index is 0.0120. The zero-order valence-electron chi connectivity index (χ0n) is 13.8. The van der Waals surface area contributed by atoms with Crippen LogP contribution >= 0.6 is 0 Å². The quantitative estimate of drug-likeness (QED) is 0.847. The Morgan fingerprint density at radius 2 is 2.05 bits per heavy atom. The largest absolute Gasteiger partial charge is 0.497 e. The molecule has 0 saturated carbocycles. The van der Waals surface area contributed by atoms with Crippen LogP contribution in [0.1, 0.15) is 52.1 Å². The molecule has 21 heavy (non-hydrogen) atoms.